The summed E-state index contributed by atoms with van der Waals surface area (Å²) in [5.74, 6) is -0.491. The average Bonchev–Trinajstić information content (AvgIpc) is 2.35. The van der Waals surface area contributed by atoms with Gasteiger partial charge in [0.05, 0.1) is 11.7 Å². The molecule has 1 atom stereocenters. The molecule has 112 valence electrons. The average molecular weight is 292 g/mol. The van der Waals surface area contributed by atoms with Gasteiger partial charge in [-0.15, -0.1) is 0 Å². The van der Waals surface area contributed by atoms with Crippen LogP contribution < -0.4 is 10.6 Å². The van der Waals surface area contributed by atoms with E-state index < -0.39 is 18.0 Å². The zero-order valence-electron chi connectivity index (χ0n) is 10.9. The Bertz CT molecular complexity index is 503. The van der Waals surface area contributed by atoms with Gasteiger partial charge < -0.3 is 20.9 Å². The van der Waals surface area contributed by atoms with Crippen molar-refractivity contribution in [1.29, 1.82) is 0 Å². The molecule has 20 heavy (non-hydrogen) atoms. The van der Waals surface area contributed by atoms with Crippen molar-refractivity contribution in [3.8, 4) is 0 Å². The van der Waals surface area contributed by atoms with E-state index in [1.807, 2.05) is 0 Å². The van der Waals surface area contributed by atoms with Crippen molar-refractivity contribution in [2.45, 2.75) is 19.2 Å². The topological polar surface area (TPSA) is 95.0 Å². The van der Waals surface area contributed by atoms with Crippen LogP contribution in [0.3, 0.4) is 0 Å². The van der Waals surface area contributed by atoms with Gasteiger partial charge in [0, 0.05) is 13.6 Å². The number of amidine groups is 1. The number of anilines is 1. The minimum absolute atomic E-state index is 0.0417. The molecule has 1 unspecified atom stereocenters. The maximum Gasteiger partial charge on any atom is 0.433 e. The highest BCUT2D eigenvalue weighted by molar-refractivity contribution is 6.01. The number of aliphatic hydroxyl groups excluding tert-OH is 1. The summed E-state index contributed by atoms with van der Waals surface area (Å²) in [5.41, 5.74) is 4.36. The summed E-state index contributed by atoms with van der Waals surface area (Å²) in [6.45, 7) is 1.52. The van der Waals surface area contributed by atoms with Crippen LogP contribution in [0.15, 0.2) is 17.3 Å². The number of aliphatic hydroxyl groups is 1. The Hall–Kier alpha value is -2.03. The summed E-state index contributed by atoms with van der Waals surface area (Å²) in [4.78, 5) is 4.78. The molecule has 0 fully saturated rings. The molecule has 0 amide bonds. The highest BCUT2D eigenvalue weighted by Crippen LogP contribution is 2.30. The van der Waals surface area contributed by atoms with E-state index in [1.165, 1.54) is 18.9 Å². The molecule has 1 aromatic rings. The molecule has 0 bridgehead atoms. The van der Waals surface area contributed by atoms with Gasteiger partial charge in [0.2, 0.25) is 0 Å². The van der Waals surface area contributed by atoms with E-state index >= 15 is 0 Å². The van der Waals surface area contributed by atoms with Gasteiger partial charge in [-0.3, -0.25) is 0 Å². The second-order valence-electron chi connectivity index (χ2n) is 4.28. The van der Waals surface area contributed by atoms with Crippen LogP contribution in [0.5, 0.6) is 0 Å². The lowest BCUT2D eigenvalue weighted by molar-refractivity contribution is -0.141. The lowest BCUT2D eigenvalue weighted by Gasteiger charge is -2.23. The molecule has 0 saturated carbocycles. The normalized spacial score (nSPS) is 14.2. The van der Waals surface area contributed by atoms with Crippen LogP contribution in [-0.4, -0.2) is 40.8 Å². The van der Waals surface area contributed by atoms with Crippen LogP contribution in [0.2, 0.25) is 0 Å². The summed E-state index contributed by atoms with van der Waals surface area (Å²) >= 11 is 0. The monoisotopic (exact) mass is 292 g/mol. The van der Waals surface area contributed by atoms with Gasteiger partial charge in [0.1, 0.15) is 11.5 Å². The molecule has 0 radical (unpaired) electrons. The Labute approximate surface area is 113 Å². The molecule has 6 nitrogen and oxygen atoms in total. The summed E-state index contributed by atoms with van der Waals surface area (Å²) in [6.07, 6.45) is -5.39. The van der Waals surface area contributed by atoms with Crippen molar-refractivity contribution in [2.75, 3.05) is 18.5 Å². The van der Waals surface area contributed by atoms with Crippen LogP contribution in [0.4, 0.5) is 19.0 Å². The molecule has 0 aliphatic rings. The van der Waals surface area contributed by atoms with Crippen LogP contribution in [0, 0.1) is 0 Å². The second-order valence-corrected chi connectivity index (χ2v) is 4.28. The molecule has 1 aromatic heterocycles. The first-order valence-electron chi connectivity index (χ1n) is 5.62. The van der Waals surface area contributed by atoms with Crippen molar-refractivity contribution >= 4 is 11.7 Å². The molecule has 9 heteroatoms. The minimum Gasteiger partial charge on any atom is -0.409 e. The quantitative estimate of drug-likeness (QED) is 0.333. The predicted octanol–water partition coefficient (Wildman–Crippen LogP) is 1.01. The van der Waals surface area contributed by atoms with Gasteiger partial charge in [0.15, 0.2) is 5.84 Å². The predicted molar refractivity (Wildman–Crippen MR) is 66.7 cm³/mol. The molecule has 4 N–H and O–H groups in total. The fourth-order valence-corrected chi connectivity index (χ4v) is 1.63. The number of alkyl halides is 3. The Morgan fingerprint density at radius 3 is 2.55 bits per heavy atom. The van der Waals surface area contributed by atoms with Gasteiger partial charge in [-0.1, -0.05) is 5.16 Å². The number of oxime groups is 1. The van der Waals surface area contributed by atoms with Crippen molar-refractivity contribution in [1.82, 2.24) is 4.98 Å². The van der Waals surface area contributed by atoms with E-state index in [-0.39, 0.29) is 23.8 Å². The Balaban J connectivity index is 3.33. The van der Waals surface area contributed by atoms with E-state index in [1.54, 1.807) is 0 Å². The Kier molecular flexibility index (Phi) is 4.77. The third-order valence-corrected chi connectivity index (χ3v) is 2.45. The van der Waals surface area contributed by atoms with Gasteiger partial charge in [-0.2, -0.15) is 13.2 Å². The lowest BCUT2D eigenvalue weighted by Crippen LogP contribution is -2.31. The summed E-state index contributed by atoms with van der Waals surface area (Å²) in [6, 6.07) is 1.81. The molecule has 0 saturated heterocycles. The fraction of sp³-hybridized carbons (Fsp3) is 0.455. The molecule has 0 aliphatic heterocycles. The Morgan fingerprint density at radius 1 is 1.50 bits per heavy atom. The molecule has 0 aromatic carbocycles. The van der Waals surface area contributed by atoms with Crippen molar-refractivity contribution in [2.24, 2.45) is 10.9 Å². The summed E-state index contributed by atoms with van der Waals surface area (Å²) in [7, 11) is 1.45. The highest BCUT2D eigenvalue weighted by atomic mass is 19.4. The summed E-state index contributed by atoms with van der Waals surface area (Å²) < 4.78 is 38.0. The third kappa shape index (κ3) is 3.73. The largest absolute Gasteiger partial charge is 0.433 e. The zero-order chi connectivity index (χ0) is 15.5. The molecule has 0 spiro atoms. The highest BCUT2D eigenvalue weighted by Gasteiger charge is 2.33. The van der Waals surface area contributed by atoms with Gasteiger partial charge >= 0.3 is 6.18 Å². The molecular weight excluding hydrogens is 277 g/mol. The Morgan fingerprint density at radius 2 is 2.10 bits per heavy atom. The molecular formula is C11H15F3N4O2. The van der Waals surface area contributed by atoms with E-state index in [0.717, 1.165) is 12.1 Å². The van der Waals surface area contributed by atoms with Gasteiger partial charge in [-0.05, 0) is 19.1 Å². The minimum atomic E-state index is -4.61. The number of likely N-dealkylation sites (N-methyl/N-ethyl adjacent to an activating group) is 1. The number of pyridine rings is 1. The smallest absolute Gasteiger partial charge is 0.409 e. The SMILES string of the molecule is CC(O)CN(C)c1nc(C(F)(F)F)ccc1C(N)=NO. The second kappa shape index (κ2) is 5.95. The van der Waals surface area contributed by atoms with Crippen molar-refractivity contribution in [3.63, 3.8) is 0 Å². The number of nitrogens with two attached hydrogens (primary N) is 1. The number of rotatable bonds is 4. The number of hydrogen-bond donors (Lipinski definition) is 3. The summed E-state index contributed by atoms with van der Waals surface area (Å²) in [5, 5.41) is 20.7. The first-order valence-corrected chi connectivity index (χ1v) is 5.62. The first kappa shape index (κ1) is 16.0. The standard InChI is InChI=1S/C11H15F3N4O2/c1-6(19)5-18(2)10-7(9(15)17-20)3-4-8(16-10)11(12,13)14/h3-4,6,19-20H,5H2,1-2H3,(H2,15,17). The number of aromatic nitrogens is 1. The van der Waals surface area contributed by atoms with Crippen molar-refractivity contribution in [3.05, 3.63) is 23.4 Å². The first-order chi connectivity index (χ1) is 9.16. The maximum atomic E-state index is 12.7. The van der Waals surface area contributed by atoms with Crippen LogP contribution in [0.25, 0.3) is 0 Å². The molecule has 0 aliphatic carbocycles. The van der Waals surface area contributed by atoms with E-state index in [0.29, 0.717) is 0 Å². The van der Waals surface area contributed by atoms with Crippen molar-refractivity contribution < 1.29 is 23.5 Å². The van der Waals surface area contributed by atoms with Gasteiger partial charge in [-0.25, -0.2) is 4.98 Å². The van der Waals surface area contributed by atoms with E-state index in [2.05, 4.69) is 10.1 Å². The number of nitrogens with zero attached hydrogens (tertiary/aromatic N) is 3. The third-order valence-electron chi connectivity index (χ3n) is 2.45. The fourth-order valence-electron chi connectivity index (χ4n) is 1.63. The maximum absolute atomic E-state index is 12.7. The van der Waals surface area contributed by atoms with Crippen LogP contribution in [0.1, 0.15) is 18.2 Å². The molecule has 1 rings (SSSR count). The zero-order valence-corrected chi connectivity index (χ0v) is 10.9. The van der Waals surface area contributed by atoms with Crippen LogP contribution in [-0.2, 0) is 6.18 Å². The van der Waals surface area contributed by atoms with Crippen LogP contribution >= 0.6 is 0 Å². The van der Waals surface area contributed by atoms with E-state index in [4.69, 9.17) is 10.9 Å². The molecule has 1 heterocycles. The number of halogens is 3. The van der Waals surface area contributed by atoms with E-state index in [9.17, 15) is 18.3 Å². The van der Waals surface area contributed by atoms with Gasteiger partial charge in [0.25, 0.3) is 0 Å². The number of hydrogen-bond acceptors (Lipinski definition) is 5. The lowest BCUT2D eigenvalue weighted by atomic mass is 10.2.